The predicted molar refractivity (Wildman–Crippen MR) is 161 cm³/mol. The van der Waals surface area contributed by atoms with Gasteiger partial charge in [-0.3, -0.25) is 9.59 Å². The van der Waals surface area contributed by atoms with Gasteiger partial charge in [-0.05, 0) is 53.2 Å². The fourth-order valence-electron chi connectivity index (χ4n) is 4.14. The van der Waals surface area contributed by atoms with Crippen LogP contribution in [-0.4, -0.2) is 36.5 Å². The van der Waals surface area contributed by atoms with Gasteiger partial charge in [0.1, 0.15) is 11.5 Å². The minimum absolute atomic E-state index is 0.0504. The molecule has 0 aliphatic rings. The van der Waals surface area contributed by atoms with Crippen molar-refractivity contribution in [3.05, 3.63) is 144 Å². The minimum Gasteiger partial charge on any atom is -0.423 e. The number of nitrogens with one attached hydrogen (secondary N) is 2. The van der Waals surface area contributed by atoms with Gasteiger partial charge in [-0.25, -0.2) is 15.0 Å². The molecule has 0 aliphatic heterocycles. The molecule has 9 heteroatoms. The number of hydrogen-bond donors (Lipinski definition) is 2. The van der Waals surface area contributed by atoms with Crippen LogP contribution in [0.15, 0.2) is 126 Å². The number of amides is 2. The Hall–Kier alpha value is -6.09. The molecule has 2 N–H and O–H groups in total. The van der Waals surface area contributed by atoms with Crippen molar-refractivity contribution in [3.8, 4) is 11.5 Å². The van der Waals surface area contributed by atoms with Crippen molar-refractivity contribution in [1.29, 1.82) is 0 Å². The summed E-state index contributed by atoms with van der Waals surface area (Å²) in [6.45, 7) is -0.316. The number of hydrazone groups is 1. The van der Waals surface area contributed by atoms with Gasteiger partial charge in [-0.1, -0.05) is 72.8 Å². The standard InChI is InChI=1S/C34H25N3O6/c38-31(22-35-32(39)29-17-9-15-23-10-7-8-16-28(23)29)37-36-21-26-18-19-27(42-33(40)24-11-3-1-4-12-24)20-30(26)43-34(41)25-13-5-2-6-14-25/h1-21H,22H2,(H,35,39)(H,37,38)/b36-21+. The van der Waals surface area contributed by atoms with Crippen molar-refractivity contribution in [3.63, 3.8) is 0 Å². The van der Waals surface area contributed by atoms with Gasteiger partial charge >= 0.3 is 11.9 Å². The summed E-state index contributed by atoms with van der Waals surface area (Å²) in [7, 11) is 0. The molecule has 0 aliphatic carbocycles. The third-order valence-corrected chi connectivity index (χ3v) is 6.25. The Bertz CT molecular complexity index is 1820. The summed E-state index contributed by atoms with van der Waals surface area (Å²) in [4.78, 5) is 50.4. The molecule has 0 fully saturated rings. The zero-order valence-electron chi connectivity index (χ0n) is 22.7. The van der Waals surface area contributed by atoms with Crippen LogP contribution < -0.4 is 20.2 Å². The van der Waals surface area contributed by atoms with E-state index in [4.69, 9.17) is 9.47 Å². The average molecular weight is 572 g/mol. The van der Waals surface area contributed by atoms with Crippen molar-refractivity contribution >= 4 is 40.7 Å². The van der Waals surface area contributed by atoms with E-state index in [9.17, 15) is 19.2 Å². The maximum absolute atomic E-state index is 12.8. The smallest absolute Gasteiger partial charge is 0.343 e. The molecule has 5 aromatic rings. The van der Waals surface area contributed by atoms with Crippen molar-refractivity contribution in [1.82, 2.24) is 10.7 Å². The normalized spacial score (nSPS) is 10.7. The van der Waals surface area contributed by atoms with Gasteiger partial charge in [0.15, 0.2) is 0 Å². The molecule has 0 spiro atoms. The Morgan fingerprint density at radius 2 is 1.30 bits per heavy atom. The van der Waals surface area contributed by atoms with Gasteiger partial charge in [0.25, 0.3) is 11.8 Å². The van der Waals surface area contributed by atoms with Gasteiger partial charge in [-0.2, -0.15) is 5.10 Å². The maximum atomic E-state index is 12.8. The quantitative estimate of drug-likeness (QED) is 0.109. The second kappa shape index (κ2) is 13.5. The van der Waals surface area contributed by atoms with Crippen molar-refractivity contribution in [2.24, 2.45) is 5.10 Å². The maximum Gasteiger partial charge on any atom is 0.343 e. The Kier molecular flexibility index (Phi) is 8.94. The van der Waals surface area contributed by atoms with E-state index in [0.717, 1.165) is 10.8 Å². The van der Waals surface area contributed by atoms with E-state index < -0.39 is 23.8 Å². The Balaban J connectivity index is 1.26. The number of fused-ring (bicyclic) bond motifs is 1. The van der Waals surface area contributed by atoms with Crippen molar-refractivity contribution < 1.29 is 28.7 Å². The molecule has 9 nitrogen and oxygen atoms in total. The Morgan fingerprint density at radius 3 is 2.02 bits per heavy atom. The van der Waals surface area contributed by atoms with Crippen LogP contribution in [-0.2, 0) is 4.79 Å². The third kappa shape index (κ3) is 7.36. The first-order chi connectivity index (χ1) is 21.0. The summed E-state index contributed by atoms with van der Waals surface area (Å²) in [5, 5.41) is 8.22. The van der Waals surface area contributed by atoms with Gasteiger partial charge in [0, 0.05) is 17.2 Å². The van der Waals surface area contributed by atoms with E-state index in [1.807, 2.05) is 30.3 Å². The average Bonchev–Trinajstić information content (AvgIpc) is 3.05. The molecule has 0 atom stereocenters. The number of rotatable bonds is 9. The molecule has 0 saturated heterocycles. The van der Waals surface area contributed by atoms with Gasteiger partial charge in [-0.15, -0.1) is 0 Å². The monoisotopic (exact) mass is 571 g/mol. The fraction of sp³-hybridized carbons (Fsp3) is 0.0294. The van der Waals surface area contributed by atoms with Crippen LogP contribution in [0.2, 0.25) is 0 Å². The molecule has 0 saturated carbocycles. The minimum atomic E-state index is -0.637. The predicted octanol–water partition coefficient (Wildman–Crippen LogP) is 5.16. The van der Waals surface area contributed by atoms with E-state index in [1.165, 1.54) is 24.4 Å². The van der Waals surface area contributed by atoms with Gasteiger partial charge < -0.3 is 14.8 Å². The molecular weight excluding hydrogens is 546 g/mol. The SMILES string of the molecule is O=C(CNC(=O)c1cccc2ccccc12)N/N=C/c1ccc(OC(=O)c2ccccc2)cc1OC(=O)c1ccccc1. The van der Waals surface area contributed by atoms with E-state index in [1.54, 1.807) is 72.8 Å². The summed E-state index contributed by atoms with van der Waals surface area (Å²) in [5.41, 5.74) is 3.79. The Labute approximate surface area is 246 Å². The number of carbonyl (C=O) groups is 4. The zero-order valence-corrected chi connectivity index (χ0v) is 22.7. The molecule has 212 valence electrons. The number of carbonyl (C=O) groups excluding carboxylic acids is 4. The number of hydrogen-bond acceptors (Lipinski definition) is 7. The molecule has 0 bridgehead atoms. The molecule has 0 heterocycles. The van der Waals surface area contributed by atoms with Gasteiger partial charge in [0.2, 0.25) is 0 Å². The summed E-state index contributed by atoms with van der Waals surface area (Å²) in [6, 6.07) is 34.1. The van der Waals surface area contributed by atoms with Gasteiger partial charge in [0.05, 0.1) is 23.9 Å². The second-order valence-electron chi connectivity index (χ2n) is 9.21. The lowest BCUT2D eigenvalue weighted by molar-refractivity contribution is -0.120. The van der Waals surface area contributed by atoms with Crippen LogP contribution >= 0.6 is 0 Å². The first-order valence-electron chi connectivity index (χ1n) is 13.2. The third-order valence-electron chi connectivity index (χ3n) is 6.25. The topological polar surface area (TPSA) is 123 Å². The summed E-state index contributed by atoms with van der Waals surface area (Å²) < 4.78 is 11.0. The highest BCUT2D eigenvalue weighted by Crippen LogP contribution is 2.26. The first-order valence-corrected chi connectivity index (χ1v) is 13.2. The van der Waals surface area contributed by atoms with Crippen LogP contribution in [0.3, 0.4) is 0 Å². The van der Waals surface area contributed by atoms with Crippen molar-refractivity contribution in [2.45, 2.75) is 0 Å². The molecule has 5 aromatic carbocycles. The number of benzene rings is 5. The second-order valence-corrected chi connectivity index (χ2v) is 9.21. The number of ether oxygens (including phenoxy) is 2. The highest BCUT2D eigenvalue weighted by atomic mass is 16.5. The molecule has 0 unspecified atom stereocenters. The van der Waals surface area contributed by atoms with E-state index in [0.29, 0.717) is 22.3 Å². The number of nitrogens with zero attached hydrogens (tertiary/aromatic N) is 1. The molecule has 0 aromatic heterocycles. The summed E-state index contributed by atoms with van der Waals surface area (Å²) in [6.07, 6.45) is 1.28. The van der Waals surface area contributed by atoms with Crippen LogP contribution in [0, 0.1) is 0 Å². The molecule has 2 amide bonds. The van der Waals surface area contributed by atoms with Crippen LogP contribution in [0.1, 0.15) is 36.6 Å². The highest BCUT2D eigenvalue weighted by molar-refractivity contribution is 6.07. The zero-order chi connectivity index (χ0) is 30.0. The first kappa shape index (κ1) is 28.4. The lowest BCUT2D eigenvalue weighted by atomic mass is 10.0. The summed E-state index contributed by atoms with van der Waals surface area (Å²) in [5.74, 6) is -1.99. The van der Waals surface area contributed by atoms with Crippen LogP contribution in [0.5, 0.6) is 11.5 Å². The van der Waals surface area contributed by atoms with Crippen molar-refractivity contribution in [2.75, 3.05) is 6.54 Å². The van der Waals surface area contributed by atoms with E-state index in [-0.39, 0.29) is 18.0 Å². The van der Waals surface area contributed by atoms with E-state index in [2.05, 4.69) is 15.8 Å². The largest absolute Gasteiger partial charge is 0.423 e. The Morgan fingerprint density at radius 1 is 0.674 bits per heavy atom. The van der Waals surface area contributed by atoms with Crippen LogP contribution in [0.4, 0.5) is 0 Å². The molecule has 43 heavy (non-hydrogen) atoms. The lowest BCUT2D eigenvalue weighted by Gasteiger charge is -2.11. The lowest BCUT2D eigenvalue weighted by Crippen LogP contribution is -2.35. The molecule has 0 radical (unpaired) electrons. The van der Waals surface area contributed by atoms with Crippen LogP contribution in [0.25, 0.3) is 10.8 Å². The molecular formula is C34H25N3O6. The molecule has 5 rings (SSSR count). The summed E-state index contributed by atoms with van der Waals surface area (Å²) >= 11 is 0. The highest BCUT2D eigenvalue weighted by Gasteiger charge is 2.15. The number of esters is 2. The van der Waals surface area contributed by atoms with E-state index >= 15 is 0 Å². The fourth-order valence-corrected chi connectivity index (χ4v) is 4.14.